The third-order valence-electron chi connectivity index (χ3n) is 4.05. The van der Waals surface area contributed by atoms with E-state index >= 15 is 0 Å². The molecule has 0 aromatic heterocycles. The molecule has 0 aliphatic heterocycles. The monoisotopic (exact) mass is 284 g/mol. The van der Waals surface area contributed by atoms with Crippen LogP contribution in [0, 0.1) is 5.82 Å². The molecule has 0 atom stereocenters. The van der Waals surface area contributed by atoms with E-state index in [-0.39, 0.29) is 5.82 Å². The lowest BCUT2D eigenvalue weighted by Gasteiger charge is -2.35. The predicted octanol–water partition coefficient (Wildman–Crippen LogP) is 3.57. The molecule has 1 aliphatic rings. The van der Waals surface area contributed by atoms with Crippen LogP contribution in [0.3, 0.4) is 0 Å². The molecule has 0 spiro atoms. The topological polar surface area (TPSA) is 29.3 Å². The van der Waals surface area contributed by atoms with E-state index in [2.05, 4.69) is 11.8 Å². The number of nitrogens with two attached hydrogens (primary N) is 1. The van der Waals surface area contributed by atoms with Crippen molar-refractivity contribution in [1.82, 2.24) is 4.90 Å². The molecule has 106 valence electrons. The van der Waals surface area contributed by atoms with Crippen molar-refractivity contribution >= 4 is 11.6 Å². The van der Waals surface area contributed by atoms with Crippen LogP contribution in [0.2, 0.25) is 5.02 Å². The minimum atomic E-state index is -0.210. The molecule has 2 N–H and O–H groups in total. The fourth-order valence-corrected chi connectivity index (χ4v) is 2.99. The highest BCUT2D eigenvalue weighted by Gasteiger charge is 2.23. The van der Waals surface area contributed by atoms with Crippen molar-refractivity contribution in [3.8, 4) is 0 Å². The molecule has 0 heterocycles. The van der Waals surface area contributed by atoms with Crippen molar-refractivity contribution < 1.29 is 4.39 Å². The highest BCUT2D eigenvalue weighted by Crippen LogP contribution is 2.24. The van der Waals surface area contributed by atoms with Crippen molar-refractivity contribution in [3.05, 3.63) is 34.6 Å². The van der Waals surface area contributed by atoms with Gasteiger partial charge in [-0.1, -0.05) is 24.6 Å². The molecule has 0 bridgehead atoms. The van der Waals surface area contributed by atoms with Gasteiger partial charge in [0.25, 0.3) is 0 Å². The fourth-order valence-electron chi connectivity index (χ4n) is 2.83. The maximum Gasteiger partial charge on any atom is 0.129 e. The second kappa shape index (κ2) is 6.69. The van der Waals surface area contributed by atoms with Gasteiger partial charge in [-0.2, -0.15) is 0 Å². The summed E-state index contributed by atoms with van der Waals surface area (Å²) < 4.78 is 13.8. The van der Waals surface area contributed by atoms with E-state index in [0.29, 0.717) is 23.7 Å². The van der Waals surface area contributed by atoms with Crippen molar-refractivity contribution in [1.29, 1.82) is 0 Å². The van der Waals surface area contributed by atoms with Gasteiger partial charge in [0.15, 0.2) is 0 Å². The third-order valence-corrected chi connectivity index (χ3v) is 4.29. The van der Waals surface area contributed by atoms with E-state index in [1.54, 1.807) is 12.1 Å². The lowest BCUT2D eigenvalue weighted by molar-refractivity contribution is 0.148. The summed E-state index contributed by atoms with van der Waals surface area (Å²) in [6.07, 6.45) is 4.38. The van der Waals surface area contributed by atoms with Crippen molar-refractivity contribution in [2.24, 2.45) is 5.73 Å². The zero-order valence-electron chi connectivity index (χ0n) is 11.4. The number of halogens is 2. The van der Waals surface area contributed by atoms with Gasteiger partial charge in [0.1, 0.15) is 5.82 Å². The van der Waals surface area contributed by atoms with Crippen LogP contribution in [0.4, 0.5) is 4.39 Å². The summed E-state index contributed by atoms with van der Waals surface area (Å²) in [5.41, 5.74) is 6.66. The Balaban J connectivity index is 2.02. The Hall–Kier alpha value is -0.640. The van der Waals surface area contributed by atoms with Crippen LogP contribution in [0.5, 0.6) is 0 Å². The first kappa shape index (κ1) is 14.8. The van der Waals surface area contributed by atoms with Gasteiger partial charge < -0.3 is 5.73 Å². The van der Waals surface area contributed by atoms with Crippen LogP contribution in [0.15, 0.2) is 18.2 Å². The molecule has 0 unspecified atom stereocenters. The van der Waals surface area contributed by atoms with Crippen LogP contribution in [0.1, 0.15) is 38.2 Å². The van der Waals surface area contributed by atoms with Gasteiger partial charge >= 0.3 is 0 Å². The van der Waals surface area contributed by atoms with Crippen LogP contribution in [0.25, 0.3) is 0 Å². The molecular formula is C15H22ClFN2. The summed E-state index contributed by atoms with van der Waals surface area (Å²) in [5, 5.41) is 0.452. The van der Waals surface area contributed by atoms with Gasteiger partial charge in [-0.05, 0) is 44.4 Å². The fraction of sp³-hybridized carbons (Fsp3) is 0.600. The van der Waals surface area contributed by atoms with E-state index in [9.17, 15) is 4.39 Å². The molecule has 1 saturated carbocycles. The molecule has 1 fully saturated rings. The molecule has 1 aliphatic carbocycles. The van der Waals surface area contributed by atoms with Gasteiger partial charge in [0.2, 0.25) is 0 Å². The maximum atomic E-state index is 13.8. The van der Waals surface area contributed by atoms with Crippen molar-refractivity contribution in [2.45, 2.75) is 51.2 Å². The number of benzene rings is 1. The quantitative estimate of drug-likeness (QED) is 0.916. The van der Waals surface area contributed by atoms with E-state index in [0.717, 1.165) is 37.8 Å². The molecule has 4 heteroatoms. The van der Waals surface area contributed by atoms with Crippen molar-refractivity contribution in [2.75, 3.05) is 6.54 Å². The molecule has 0 saturated heterocycles. The van der Waals surface area contributed by atoms with Gasteiger partial charge in [-0.3, -0.25) is 4.90 Å². The summed E-state index contributed by atoms with van der Waals surface area (Å²) in [4.78, 5) is 2.35. The number of rotatable bonds is 4. The average molecular weight is 285 g/mol. The summed E-state index contributed by atoms with van der Waals surface area (Å²) >= 11 is 5.78. The molecule has 2 rings (SSSR count). The van der Waals surface area contributed by atoms with Crippen molar-refractivity contribution in [3.63, 3.8) is 0 Å². The van der Waals surface area contributed by atoms with Gasteiger partial charge in [-0.25, -0.2) is 4.39 Å². The second-order valence-electron chi connectivity index (χ2n) is 5.37. The summed E-state index contributed by atoms with van der Waals surface area (Å²) in [6.45, 7) is 3.71. The lowest BCUT2D eigenvalue weighted by atomic mass is 9.90. The first-order valence-corrected chi connectivity index (χ1v) is 7.41. The molecule has 1 aromatic carbocycles. The SMILES string of the molecule is CCN(Cc1ccc(Cl)cc1F)C1CCC(N)CC1. The maximum absolute atomic E-state index is 13.8. The lowest BCUT2D eigenvalue weighted by Crippen LogP contribution is -2.40. The average Bonchev–Trinajstić information content (AvgIpc) is 2.39. The summed E-state index contributed by atoms with van der Waals surface area (Å²) in [6, 6.07) is 5.81. The molecule has 19 heavy (non-hydrogen) atoms. The number of hydrogen-bond acceptors (Lipinski definition) is 2. The Bertz CT molecular complexity index is 417. The van der Waals surface area contributed by atoms with E-state index in [1.165, 1.54) is 6.07 Å². The summed E-state index contributed by atoms with van der Waals surface area (Å²) in [7, 11) is 0. The standard InChI is InChI=1S/C15H22ClFN2/c1-2-19(14-7-5-13(18)6-8-14)10-11-3-4-12(16)9-15(11)17/h3-4,9,13-14H,2,5-8,10,18H2,1H3. The Morgan fingerprint density at radius 3 is 2.58 bits per heavy atom. The van der Waals surface area contributed by atoms with Crippen LogP contribution in [-0.4, -0.2) is 23.5 Å². The van der Waals surface area contributed by atoms with E-state index in [1.807, 2.05) is 0 Å². The van der Waals surface area contributed by atoms with Gasteiger partial charge in [0, 0.05) is 29.2 Å². The number of nitrogens with zero attached hydrogens (tertiary/aromatic N) is 1. The first-order chi connectivity index (χ1) is 9.10. The highest BCUT2D eigenvalue weighted by molar-refractivity contribution is 6.30. The summed E-state index contributed by atoms with van der Waals surface area (Å²) in [5.74, 6) is -0.210. The Kier molecular flexibility index (Phi) is 5.20. The molecule has 1 aromatic rings. The minimum absolute atomic E-state index is 0.210. The van der Waals surface area contributed by atoms with Crippen LogP contribution >= 0.6 is 11.6 Å². The molecule has 0 radical (unpaired) electrons. The second-order valence-corrected chi connectivity index (χ2v) is 5.80. The zero-order chi connectivity index (χ0) is 13.8. The Morgan fingerprint density at radius 2 is 2.00 bits per heavy atom. The van der Waals surface area contributed by atoms with Crippen LogP contribution in [-0.2, 0) is 6.54 Å². The Labute approximate surface area is 119 Å². The zero-order valence-corrected chi connectivity index (χ0v) is 12.2. The molecule has 0 amide bonds. The smallest absolute Gasteiger partial charge is 0.129 e. The Morgan fingerprint density at radius 1 is 1.32 bits per heavy atom. The van der Waals surface area contributed by atoms with Gasteiger partial charge in [-0.15, -0.1) is 0 Å². The third kappa shape index (κ3) is 3.91. The predicted molar refractivity (Wildman–Crippen MR) is 77.7 cm³/mol. The van der Waals surface area contributed by atoms with E-state index < -0.39 is 0 Å². The number of hydrogen-bond donors (Lipinski definition) is 1. The first-order valence-electron chi connectivity index (χ1n) is 7.03. The van der Waals surface area contributed by atoms with E-state index in [4.69, 9.17) is 17.3 Å². The normalized spacial score (nSPS) is 23.8. The molecular weight excluding hydrogens is 263 g/mol. The largest absolute Gasteiger partial charge is 0.328 e. The molecule has 2 nitrogen and oxygen atoms in total. The van der Waals surface area contributed by atoms with Crippen LogP contribution < -0.4 is 5.73 Å². The van der Waals surface area contributed by atoms with Gasteiger partial charge in [0.05, 0.1) is 0 Å². The minimum Gasteiger partial charge on any atom is -0.328 e. The highest BCUT2D eigenvalue weighted by atomic mass is 35.5.